The number of anilines is 1. The zero-order valence-electron chi connectivity index (χ0n) is 12.8. The first-order valence-corrected chi connectivity index (χ1v) is 6.88. The summed E-state index contributed by atoms with van der Waals surface area (Å²) in [5.41, 5.74) is -1.22. The van der Waals surface area contributed by atoms with Gasteiger partial charge in [-0.05, 0) is 34.6 Å². The molecule has 0 radical (unpaired) electrons. The number of aromatic nitrogens is 2. The van der Waals surface area contributed by atoms with Gasteiger partial charge in [0.15, 0.2) is 11.6 Å². The number of amides is 1. The fourth-order valence-electron chi connectivity index (χ4n) is 1.43. The quantitative estimate of drug-likeness (QED) is 0.682. The highest BCUT2D eigenvalue weighted by Gasteiger charge is 2.32. The van der Waals surface area contributed by atoms with Crippen LogP contribution in [0.4, 0.5) is 10.5 Å². The molecule has 0 fully saturated rings. The summed E-state index contributed by atoms with van der Waals surface area (Å²) in [6.07, 6.45) is 2.34. The zero-order chi connectivity index (χ0) is 16.3. The molecule has 1 amide bonds. The minimum Gasteiger partial charge on any atom is -0.448 e. The van der Waals surface area contributed by atoms with Crippen molar-refractivity contribution in [2.45, 2.75) is 45.8 Å². The number of halogens is 1. The second kappa shape index (κ2) is 6.34. The van der Waals surface area contributed by atoms with E-state index in [0.717, 1.165) is 0 Å². The van der Waals surface area contributed by atoms with Crippen molar-refractivity contribution in [2.75, 3.05) is 11.4 Å². The van der Waals surface area contributed by atoms with Gasteiger partial charge in [-0.15, -0.1) is 0 Å². The van der Waals surface area contributed by atoms with Crippen LogP contribution in [-0.4, -0.2) is 33.5 Å². The van der Waals surface area contributed by atoms with Crippen LogP contribution in [0.25, 0.3) is 0 Å². The molecule has 0 aliphatic heterocycles. The van der Waals surface area contributed by atoms with Gasteiger partial charge in [-0.1, -0.05) is 11.6 Å². The Bertz CT molecular complexity index is 520. The van der Waals surface area contributed by atoms with Gasteiger partial charge in [0.25, 0.3) is 0 Å². The molecular formula is C13H20ClN3O4. The van der Waals surface area contributed by atoms with Crippen molar-refractivity contribution in [1.82, 2.24) is 9.78 Å². The standard InChI is InChI=1S/C13H20ClN3O4/c1-12(2,3)21-11(19)16-9-6-15-17(7-9)13(4,5)10(18)20-8-14/h6-7H,8H2,1-5H3,(H,16,19). The molecular weight excluding hydrogens is 298 g/mol. The summed E-state index contributed by atoms with van der Waals surface area (Å²) in [6, 6.07) is -0.230. The maximum absolute atomic E-state index is 11.8. The number of rotatable bonds is 4. The number of esters is 1. The van der Waals surface area contributed by atoms with E-state index in [2.05, 4.69) is 10.4 Å². The van der Waals surface area contributed by atoms with Gasteiger partial charge < -0.3 is 9.47 Å². The lowest BCUT2D eigenvalue weighted by molar-refractivity contribution is -0.151. The summed E-state index contributed by atoms with van der Waals surface area (Å²) in [7, 11) is 0. The summed E-state index contributed by atoms with van der Waals surface area (Å²) in [4.78, 5) is 23.4. The van der Waals surface area contributed by atoms with Gasteiger partial charge in [0.05, 0.1) is 11.9 Å². The SMILES string of the molecule is CC(C)(C)OC(=O)Nc1cnn(C(C)(C)C(=O)OCCl)c1. The largest absolute Gasteiger partial charge is 0.448 e. The molecule has 1 rings (SSSR count). The Hall–Kier alpha value is -1.76. The van der Waals surface area contributed by atoms with Gasteiger partial charge in [0, 0.05) is 6.20 Å². The maximum Gasteiger partial charge on any atom is 0.412 e. The summed E-state index contributed by atoms with van der Waals surface area (Å²) < 4.78 is 11.3. The molecule has 1 N–H and O–H groups in total. The van der Waals surface area contributed by atoms with Crippen molar-refractivity contribution in [3.05, 3.63) is 12.4 Å². The fraction of sp³-hybridized carbons (Fsp3) is 0.615. The van der Waals surface area contributed by atoms with Crippen molar-refractivity contribution in [1.29, 1.82) is 0 Å². The molecule has 8 heteroatoms. The summed E-state index contributed by atoms with van der Waals surface area (Å²) in [6.45, 7) is 8.56. The second-order valence-corrected chi connectivity index (χ2v) is 6.12. The molecule has 1 aromatic rings. The van der Waals surface area contributed by atoms with Gasteiger partial charge in [-0.3, -0.25) is 10.00 Å². The van der Waals surface area contributed by atoms with Crippen LogP contribution < -0.4 is 5.32 Å². The highest BCUT2D eigenvalue weighted by atomic mass is 35.5. The smallest absolute Gasteiger partial charge is 0.412 e. The molecule has 0 aromatic carbocycles. The van der Waals surface area contributed by atoms with Crippen molar-refractivity contribution < 1.29 is 19.1 Å². The van der Waals surface area contributed by atoms with E-state index in [1.165, 1.54) is 17.1 Å². The topological polar surface area (TPSA) is 82.5 Å². The Morgan fingerprint density at radius 3 is 2.48 bits per heavy atom. The third kappa shape index (κ3) is 4.93. The van der Waals surface area contributed by atoms with Gasteiger partial charge in [0.1, 0.15) is 5.60 Å². The van der Waals surface area contributed by atoms with E-state index >= 15 is 0 Å². The molecule has 0 saturated carbocycles. The lowest BCUT2D eigenvalue weighted by Gasteiger charge is -2.22. The normalized spacial score (nSPS) is 11.9. The van der Waals surface area contributed by atoms with Crippen LogP contribution in [0.1, 0.15) is 34.6 Å². The third-order valence-corrected chi connectivity index (χ3v) is 2.59. The number of carbonyl (C=O) groups excluding carboxylic acids is 2. The molecule has 0 spiro atoms. The van der Waals surface area contributed by atoms with Crippen molar-refractivity contribution in [3.63, 3.8) is 0 Å². The van der Waals surface area contributed by atoms with Gasteiger partial charge in [0.2, 0.25) is 0 Å². The van der Waals surface area contributed by atoms with Crippen LogP contribution in [0.2, 0.25) is 0 Å². The fourth-order valence-corrected chi connectivity index (χ4v) is 1.53. The molecule has 0 saturated heterocycles. The van der Waals surface area contributed by atoms with E-state index in [1.54, 1.807) is 34.6 Å². The zero-order valence-corrected chi connectivity index (χ0v) is 13.5. The molecule has 0 unspecified atom stereocenters. The first-order valence-electron chi connectivity index (χ1n) is 6.34. The number of carbonyl (C=O) groups is 2. The van der Waals surface area contributed by atoms with Crippen LogP contribution in [0.15, 0.2) is 12.4 Å². The summed E-state index contributed by atoms with van der Waals surface area (Å²) in [5, 5.41) is 6.58. The maximum atomic E-state index is 11.8. The Morgan fingerprint density at radius 1 is 1.33 bits per heavy atom. The molecule has 0 aliphatic rings. The summed E-state index contributed by atoms with van der Waals surface area (Å²) in [5.74, 6) is -0.524. The minimum absolute atomic E-state index is 0.230. The van der Waals surface area contributed by atoms with Crippen molar-refractivity contribution in [3.8, 4) is 0 Å². The van der Waals surface area contributed by atoms with Gasteiger partial charge >= 0.3 is 12.1 Å². The van der Waals surface area contributed by atoms with Crippen molar-refractivity contribution in [2.24, 2.45) is 0 Å². The van der Waals surface area contributed by atoms with Gasteiger partial charge in [-0.25, -0.2) is 9.59 Å². The van der Waals surface area contributed by atoms with Crippen LogP contribution >= 0.6 is 11.6 Å². The van der Waals surface area contributed by atoms with Gasteiger partial charge in [-0.2, -0.15) is 5.10 Å². The average Bonchev–Trinajstić information content (AvgIpc) is 2.75. The first-order chi connectivity index (χ1) is 9.56. The van der Waals surface area contributed by atoms with Crippen LogP contribution in [0, 0.1) is 0 Å². The third-order valence-electron chi connectivity index (χ3n) is 2.49. The molecule has 0 atom stereocenters. The molecule has 21 heavy (non-hydrogen) atoms. The monoisotopic (exact) mass is 317 g/mol. The number of hydrogen-bond donors (Lipinski definition) is 1. The highest BCUT2D eigenvalue weighted by Crippen LogP contribution is 2.19. The predicted molar refractivity (Wildman–Crippen MR) is 78.2 cm³/mol. The van der Waals surface area contributed by atoms with Crippen LogP contribution in [0.3, 0.4) is 0 Å². The predicted octanol–water partition coefficient (Wildman–Crippen LogP) is 2.70. The Morgan fingerprint density at radius 2 is 1.95 bits per heavy atom. The lowest BCUT2D eigenvalue weighted by Crippen LogP contribution is -2.37. The first kappa shape index (κ1) is 17.3. The number of nitrogens with zero attached hydrogens (tertiary/aromatic N) is 2. The van der Waals surface area contributed by atoms with Crippen LogP contribution in [0.5, 0.6) is 0 Å². The van der Waals surface area contributed by atoms with E-state index in [9.17, 15) is 9.59 Å². The molecule has 1 aromatic heterocycles. The second-order valence-electron chi connectivity index (χ2n) is 5.90. The van der Waals surface area contributed by atoms with E-state index in [-0.39, 0.29) is 6.07 Å². The average molecular weight is 318 g/mol. The van der Waals surface area contributed by atoms with E-state index in [1.807, 2.05) is 0 Å². The van der Waals surface area contributed by atoms with Crippen molar-refractivity contribution >= 4 is 29.4 Å². The Balaban J connectivity index is 2.77. The van der Waals surface area contributed by atoms with E-state index < -0.39 is 23.2 Å². The number of alkyl halides is 1. The van der Waals surface area contributed by atoms with Crippen LogP contribution in [-0.2, 0) is 19.8 Å². The van der Waals surface area contributed by atoms with E-state index in [0.29, 0.717) is 5.69 Å². The Kier molecular flexibility index (Phi) is 5.22. The number of nitrogens with one attached hydrogen (secondary N) is 1. The van der Waals surface area contributed by atoms with E-state index in [4.69, 9.17) is 21.1 Å². The Labute approximate surface area is 128 Å². The minimum atomic E-state index is -1.04. The lowest BCUT2D eigenvalue weighted by atomic mass is 10.1. The molecule has 118 valence electrons. The molecule has 0 aliphatic carbocycles. The molecule has 0 bridgehead atoms. The summed E-state index contributed by atoms with van der Waals surface area (Å²) >= 11 is 5.38. The molecule has 7 nitrogen and oxygen atoms in total. The number of ether oxygens (including phenoxy) is 2. The molecule has 1 heterocycles. The number of hydrogen-bond acceptors (Lipinski definition) is 5. The highest BCUT2D eigenvalue weighted by molar-refractivity contribution is 6.17.